The van der Waals surface area contributed by atoms with E-state index in [0.29, 0.717) is 16.8 Å². The van der Waals surface area contributed by atoms with Gasteiger partial charge in [-0.1, -0.05) is 37.1 Å². The first-order valence-corrected chi connectivity index (χ1v) is 11.5. The van der Waals surface area contributed by atoms with Crippen molar-refractivity contribution in [3.05, 3.63) is 60.3 Å². The summed E-state index contributed by atoms with van der Waals surface area (Å²) in [4.78, 5) is 52.0. The van der Waals surface area contributed by atoms with Crippen molar-refractivity contribution in [3.8, 4) is 0 Å². The van der Waals surface area contributed by atoms with E-state index in [0.717, 1.165) is 44.3 Å². The molecular formula is C26H28N4O4. The molecule has 0 aliphatic carbocycles. The lowest BCUT2D eigenvalue weighted by molar-refractivity contribution is -0.131. The molecule has 0 atom stereocenters. The number of aromatic nitrogens is 1. The van der Waals surface area contributed by atoms with Gasteiger partial charge in [0.15, 0.2) is 0 Å². The number of benzene rings is 2. The van der Waals surface area contributed by atoms with Crippen molar-refractivity contribution in [1.82, 2.24) is 9.47 Å². The Morgan fingerprint density at radius 2 is 1.53 bits per heavy atom. The number of amides is 3. The summed E-state index contributed by atoms with van der Waals surface area (Å²) in [5.74, 6) is -1.70. The van der Waals surface area contributed by atoms with Gasteiger partial charge in [-0.2, -0.15) is 0 Å². The van der Waals surface area contributed by atoms with Crippen LogP contribution in [0.4, 0.5) is 11.4 Å². The smallest absolute Gasteiger partial charge is 0.296 e. The van der Waals surface area contributed by atoms with Crippen LogP contribution in [0.1, 0.15) is 43.0 Å². The molecule has 1 aromatic heterocycles. The van der Waals surface area contributed by atoms with Crippen LogP contribution in [0, 0.1) is 0 Å². The molecule has 176 valence electrons. The molecule has 1 aliphatic rings. The highest BCUT2D eigenvalue weighted by Crippen LogP contribution is 2.23. The van der Waals surface area contributed by atoms with Crippen LogP contribution in [0.15, 0.2) is 54.7 Å². The molecule has 34 heavy (non-hydrogen) atoms. The molecule has 8 heteroatoms. The zero-order chi connectivity index (χ0) is 24.1. The van der Waals surface area contributed by atoms with Crippen molar-refractivity contribution in [2.24, 2.45) is 0 Å². The van der Waals surface area contributed by atoms with E-state index in [9.17, 15) is 19.2 Å². The Balaban J connectivity index is 1.54. The summed E-state index contributed by atoms with van der Waals surface area (Å²) < 4.78 is 1.75. The van der Waals surface area contributed by atoms with Crippen LogP contribution >= 0.6 is 0 Å². The molecule has 4 rings (SSSR count). The van der Waals surface area contributed by atoms with Gasteiger partial charge in [0.05, 0.1) is 5.56 Å². The van der Waals surface area contributed by atoms with E-state index in [4.69, 9.17) is 0 Å². The van der Waals surface area contributed by atoms with Gasteiger partial charge >= 0.3 is 0 Å². The van der Waals surface area contributed by atoms with Crippen molar-refractivity contribution in [2.45, 2.75) is 39.2 Å². The summed E-state index contributed by atoms with van der Waals surface area (Å²) in [5.41, 5.74) is 1.88. The number of carbonyl (C=O) groups excluding carboxylic acids is 4. The summed E-state index contributed by atoms with van der Waals surface area (Å²) in [6, 6.07) is 13.8. The van der Waals surface area contributed by atoms with E-state index < -0.39 is 11.7 Å². The maximum absolute atomic E-state index is 13.1. The number of nitrogens with zero attached hydrogens (tertiary/aromatic N) is 2. The van der Waals surface area contributed by atoms with Gasteiger partial charge in [0.25, 0.3) is 11.7 Å². The predicted molar refractivity (Wildman–Crippen MR) is 131 cm³/mol. The van der Waals surface area contributed by atoms with Crippen LogP contribution in [-0.4, -0.2) is 46.1 Å². The van der Waals surface area contributed by atoms with E-state index in [1.165, 1.54) is 6.92 Å². The van der Waals surface area contributed by atoms with E-state index in [2.05, 4.69) is 10.6 Å². The largest absolute Gasteiger partial charge is 0.341 e. The second kappa shape index (κ2) is 10.3. The second-order valence-electron chi connectivity index (χ2n) is 8.53. The normalized spacial score (nSPS) is 13.9. The number of nitrogens with one attached hydrogen (secondary N) is 2. The molecule has 0 saturated carbocycles. The van der Waals surface area contributed by atoms with Crippen LogP contribution < -0.4 is 10.6 Å². The Kier molecular flexibility index (Phi) is 7.06. The Bertz CT molecular complexity index is 1240. The molecule has 0 unspecified atom stereocenters. The molecule has 1 aliphatic heterocycles. The average molecular weight is 461 g/mol. The molecule has 1 fully saturated rings. The number of para-hydroxylation sites is 1. The SMILES string of the molecule is CC(=O)Nc1cccc(NC(=O)C(=O)c2cn(CC(=O)N3CCCCCC3)c3ccccc23)c1. The third-order valence-electron chi connectivity index (χ3n) is 5.94. The van der Waals surface area contributed by atoms with Gasteiger partial charge in [0, 0.05) is 48.5 Å². The maximum atomic E-state index is 13.1. The van der Waals surface area contributed by atoms with Gasteiger partial charge in [0.1, 0.15) is 6.54 Å². The number of hydrogen-bond donors (Lipinski definition) is 2. The number of carbonyl (C=O) groups is 4. The second-order valence-corrected chi connectivity index (χ2v) is 8.53. The Morgan fingerprint density at radius 3 is 2.24 bits per heavy atom. The van der Waals surface area contributed by atoms with Gasteiger partial charge in [-0.05, 0) is 37.1 Å². The standard InChI is InChI=1S/C26H28N4O4/c1-18(31)27-19-9-8-10-20(15-19)28-26(34)25(33)22-16-30(23-12-5-4-11-21(22)23)17-24(32)29-13-6-2-3-7-14-29/h4-5,8-12,15-16H,2-3,6-7,13-14,17H2,1H3,(H,27,31)(H,28,34). The number of likely N-dealkylation sites (tertiary alicyclic amines) is 1. The number of fused-ring (bicyclic) bond motifs is 1. The fourth-order valence-corrected chi connectivity index (χ4v) is 4.31. The quantitative estimate of drug-likeness (QED) is 0.431. The third kappa shape index (κ3) is 5.33. The van der Waals surface area contributed by atoms with Crippen LogP contribution in [0.25, 0.3) is 10.9 Å². The first-order valence-electron chi connectivity index (χ1n) is 11.5. The number of ketones is 1. The molecule has 0 radical (unpaired) electrons. The topological polar surface area (TPSA) is 101 Å². The molecule has 2 N–H and O–H groups in total. The van der Waals surface area contributed by atoms with E-state index in [1.54, 1.807) is 47.2 Å². The first kappa shape index (κ1) is 23.2. The van der Waals surface area contributed by atoms with Crippen molar-refractivity contribution in [2.75, 3.05) is 23.7 Å². The lowest BCUT2D eigenvalue weighted by Crippen LogP contribution is -2.34. The van der Waals surface area contributed by atoms with Gasteiger partial charge < -0.3 is 20.1 Å². The zero-order valence-electron chi connectivity index (χ0n) is 19.2. The summed E-state index contributed by atoms with van der Waals surface area (Å²) >= 11 is 0. The highest BCUT2D eigenvalue weighted by atomic mass is 16.2. The molecule has 3 amide bonds. The molecule has 0 bridgehead atoms. The number of Topliss-reactive ketones (excluding diaryl/α,β-unsaturated/α-hetero) is 1. The van der Waals surface area contributed by atoms with Crippen LogP contribution in [-0.2, 0) is 20.9 Å². The number of hydrogen-bond acceptors (Lipinski definition) is 4. The van der Waals surface area contributed by atoms with Crippen LogP contribution in [0.2, 0.25) is 0 Å². The highest BCUT2D eigenvalue weighted by Gasteiger charge is 2.23. The van der Waals surface area contributed by atoms with Gasteiger partial charge in [0.2, 0.25) is 11.8 Å². The van der Waals surface area contributed by atoms with Crippen LogP contribution in [0.5, 0.6) is 0 Å². The monoisotopic (exact) mass is 460 g/mol. The lowest BCUT2D eigenvalue weighted by atomic mass is 10.1. The fraction of sp³-hybridized carbons (Fsp3) is 0.308. The summed E-state index contributed by atoms with van der Waals surface area (Å²) in [5, 5.41) is 5.87. The van der Waals surface area contributed by atoms with Crippen molar-refractivity contribution >= 4 is 45.8 Å². The molecule has 2 aromatic carbocycles. The lowest BCUT2D eigenvalue weighted by Gasteiger charge is -2.20. The van der Waals surface area contributed by atoms with Crippen molar-refractivity contribution in [1.29, 1.82) is 0 Å². The Morgan fingerprint density at radius 1 is 0.853 bits per heavy atom. The summed E-state index contributed by atoms with van der Waals surface area (Å²) in [6.07, 6.45) is 5.88. The average Bonchev–Trinajstić information content (AvgIpc) is 2.97. The maximum Gasteiger partial charge on any atom is 0.296 e. The van der Waals surface area contributed by atoms with Gasteiger partial charge in [-0.3, -0.25) is 19.2 Å². The summed E-state index contributed by atoms with van der Waals surface area (Å²) in [6.45, 7) is 3.02. The molecule has 1 saturated heterocycles. The van der Waals surface area contributed by atoms with Crippen molar-refractivity contribution < 1.29 is 19.2 Å². The van der Waals surface area contributed by atoms with Crippen molar-refractivity contribution in [3.63, 3.8) is 0 Å². The van der Waals surface area contributed by atoms with E-state index in [-0.39, 0.29) is 23.9 Å². The van der Waals surface area contributed by atoms with Gasteiger partial charge in [-0.25, -0.2) is 0 Å². The van der Waals surface area contributed by atoms with Crippen LogP contribution in [0.3, 0.4) is 0 Å². The number of anilines is 2. The molecule has 8 nitrogen and oxygen atoms in total. The fourth-order valence-electron chi connectivity index (χ4n) is 4.31. The molecular weight excluding hydrogens is 432 g/mol. The molecule has 2 heterocycles. The van der Waals surface area contributed by atoms with Gasteiger partial charge in [-0.15, -0.1) is 0 Å². The predicted octanol–water partition coefficient (Wildman–Crippen LogP) is 3.82. The molecule has 0 spiro atoms. The van der Waals surface area contributed by atoms with E-state index in [1.807, 2.05) is 17.0 Å². The summed E-state index contributed by atoms with van der Waals surface area (Å²) in [7, 11) is 0. The number of rotatable bonds is 6. The third-order valence-corrected chi connectivity index (χ3v) is 5.94. The Labute approximate surface area is 197 Å². The Hall–Kier alpha value is -3.94. The minimum Gasteiger partial charge on any atom is -0.341 e. The minimum atomic E-state index is -0.790. The zero-order valence-corrected chi connectivity index (χ0v) is 19.2. The first-order chi connectivity index (χ1) is 16.4. The molecule has 3 aromatic rings. The van der Waals surface area contributed by atoms with E-state index >= 15 is 0 Å². The highest BCUT2D eigenvalue weighted by molar-refractivity contribution is 6.48. The minimum absolute atomic E-state index is 0.0147.